The Labute approximate surface area is 150 Å². The van der Waals surface area contributed by atoms with Crippen molar-refractivity contribution in [3.05, 3.63) is 79.8 Å². The van der Waals surface area contributed by atoms with E-state index in [9.17, 15) is 13.6 Å². The van der Waals surface area contributed by atoms with Gasteiger partial charge in [0.2, 0.25) is 0 Å². The number of hydrogen-bond donors (Lipinski definition) is 0. The van der Waals surface area contributed by atoms with E-state index < -0.39 is 11.6 Å². The Morgan fingerprint density at radius 1 is 1.23 bits per heavy atom. The molecule has 0 bridgehead atoms. The molecule has 3 aromatic rings. The van der Waals surface area contributed by atoms with Crippen LogP contribution >= 0.6 is 11.3 Å². The van der Waals surface area contributed by atoms with E-state index in [0.717, 1.165) is 12.1 Å². The van der Waals surface area contributed by atoms with Gasteiger partial charge in [0, 0.05) is 11.8 Å². The van der Waals surface area contributed by atoms with Gasteiger partial charge in [-0.05, 0) is 36.4 Å². The number of halogens is 2. The number of aromatic nitrogens is 1. The van der Waals surface area contributed by atoms with E-state index in [1.165, 1.54) is 22.0 Å². The van der Waals surface area contributed by atoms with Gasteiger partial charge >= 0.3 is 0 Å². The highest BCUT2D eigenvalue weighted by Gasteiger charge is 2.17. The molecule has 3 heterocycles. The van der Waals surface area contributed by atoms with Crippen LogP contribution in [0.1, 0.15) is 5.76 Å². The Morgan fingerprint density at radius 3 is 2.88 bits per heavy atom. The number of hydrogen-bond acceptors (Lipinski definition) is 5. The molecule has 132 valence electrons. The normalized spacial score (nSPS) is 14.7. The molecule has 0 fully saturated rings. The van der Waals surface area contributed by atoms with Crippen molar-refractivity contribution in [2.24, 2.45) is 4.99 Å². The third-order valence-electron chi connectivity index (χ3n) is 3.90. The van der Waals surface area contributed by atoms with Crippen LogP contribution in [0.25, 0.3) is 12.2 Å². The zero-order valence-electron chi connectivity index (χ0n) is 13.4. The first kappa shape index (κ1) is 16.5. The third-order valence-corrected chi connectivity index (χ3v) is 4.96. The minimum atomic E-state index is -0.928. The average molecular weight is 373 g/mol. The molecule has 1 aliphatic rings. The maximum atomic E-state index is 13.5. The molecule has 4 rings (SSSR count). The molecule has 0 unspecified atom stereocenters. The summed E-state index contributed by atoms with van der Waals surface area (Å²) in [6.07, 6.45) is 6.78. The van der Waals surface area contributed by atoms with Gasteiger partial charge in [-0.3, -0.25) is 9.36 Å². The Kier molecular flexibility index (Phi) is 4.26. The van der Waals surface area contributed by atoms with E-state index in [1.807, 2.05) is 6.07 Å². The first-order chi connectivity index (χ1) is 12.6. The molecule has 0 atom stereocenters. The topological polar surface area (TPSA) is 50.7 Å². The second-order valence-corrected chi connectivity index (χ2v) is 6.61. The zero-order valence-corrected chi connectivity index (χ0v) is 14.2. The standard InChI is InChI=1S/C18H13F2N3O2S/c19-14-7-6-12(9-15(14)20)22-10-21-18-23(11-22)17(24)16(26-18)5-1-3-13-4-2-8-25-13/h1-9H,10-11H2/b3-1+,16-5-. The number of furan rings is 1. The third kappa shape index (κ3) is 3.11. The Morgan fingerprint density at radius 2 is 2.12 bits per heavy atom. The predicted molar refractivity (Wildman–Crippen MR) is 95.3 cm³/mol. The van der Waals surface area contributed by atoms with Crippen LogP contribution in [0.4, 0.5) is 14.5 Å². The molecule has 8 heteroatoms. The van der Waals surface area contributed by atoms with Gasteiger partial charge in [-0.25, -0.2) is 13.8 Å². The summed E-state index contributed by atoms with van der Waals surface area (Å²) < 4.78 is 33.8. The van der Waals surface area contributed by atoms with Crippen molar-refractivity contribution >= 4 is 29.2 Å². The number of benzene rings is 1. The lowest BCUT2D eigenvalue weighted by Crippen LogP contribution is -2.42. The van der Waals surface area contributed by atoms with Crippen molar-refractivity contribution in [2.45, 2.75) is 6.67 Å². The Bertz CT molecular complexity index is 1150. The lowest BCUT2D eigenvalue weighted by atomic mass is 10.3. The first-order valence-electron chi connectivity index (χ1n) is 7.78. The van der Waals surface area contributed by atoms with Crippen LogP contribution in [0.15, 0.2) is 56.9 Å². The zero-order chi connectivity index (χ0) is 18.1. The molecule has 0 saturated heterocycles. The summed E-state index contributed by atoms with van der Waals surface area (Å²) >= 11 is 1.29. The maximum Gasteiger partial charge on any atom is 0.271 e. The molecule has 26 heavy (non-hydrogen) atoms. The molecule has 0 spiro atoms. The van der Waals surface area contributed by atoms with Gasteiger partial charge in [0.25, 0.3) is 5.56 Å². The van der Waals surface area contributed by atoms with Crippen molar-refractivity contribution < 1.29 is 13.2 Å². The van der Waals surface area contributed by atoms with Crippen LogP contribution in [0.2, 0.25) is 0 Å². The van der Waals surface area contributed by atoms with Crippen molar-refractivity contribution in [2.75, 3.05) is 11.6 Å². The SMILES string of the molecule is O=c1/c(=C/C=C/c2ccco2)sc2n1CN(c1ccc(F)c(F)c1)CN=2. The molecule has 0 aliphatic carbocycles. The fraction of sp³-hybridized carbons (Fsp3) is 0.111. The van der Waals surface area contributed by atoms with Gasteiger partial charge in [-0.2, -0.15) is 0 Å². The minimum Gasteiger partial charge on any atom is -0.465 e. The fourth-order valence-corrected chi connectivity index (χ4v) is 3.50. The molecule has 0 amide bonds. The second-order valence-electron chi connectivity index (χ2n) is 5.60. The minimum absolute atomic E-state index is 0.176. The maximum absolute atomic E-state index is 13.5. The quantitative estimate of drug-likeness (QED) is 0.708. The van der Waals surface area contributed by atoms with E-state index in [1.54, 1.807) is 35.5 Å². The van der Waals surface area contributed by atoms with Crippen molar-refractivity contribution in [3.8, 4) is 0 Å². The number of rotatable bonds is 3. The predicted octanol–water partition coefficient (Wildman–Crippen LogP) is 2.33. The van der Waals surface area contributed by atoms with Crippen LogP contribution in [0.3, 0.4) is 0 Å². The largest absolute Gasteiger partial charge is 0.465 e. The van der Waals surface area contributed by atoms with Crippen molar-refractivity contribution in [1.82, 2.24) is 4.57 Å². The summed E-state index contributed by atoms with van der Waals surface area (Å²) in [7, 11) is 0. The average Bonchev–Trinajstić information content (AvgIpc) is 3.26. The molecule has 2 aromatic heterocycles. The fourth-order valence-electron chi connectivity index (χ4n) is 2.59. The summed E-state index contributed by atoms with van der Waals surface area (Å²) in [6.45, 7) is 0.502. The highest BCUT2D eigenvalue weighted by atomic mass is 32.1. The van der Waals surface area contributed by atoms with Crippen LogP contribution in [0, 0.1) is 11.6 Å². The van der Waals surface area contributed by atoms with Crippen LogP contribution < -0.4 is 19.8 Å². The van der Waals surface area contributed by atoms with Crippen LogP contribution in [0.5, 0.6) is 0 Å². The molecule has 0 radical (unpaired) electrons. The van der Waals surface area contributed by atoms with Gasteiger partial charge in [0.15, 0.2) is 16.4 Å². The van der Waals surface area contributed by atoms with E-state index >= 15 is 0 Å². The molecule has 5 nitrogen and oxygen atoms in total. The summed E-state index contributed by atoms with van der Waals surface area (Å²) in [5.74, 6) is -1.14. The Hall–Kier alpha value is -3.00. The molecular formula is C18H13F2N3O2S. The summed E-state index contributed by atoms with van der Waals surface area (Å²) in [5.41, 5.74) is 0.296. The van der Waals surface area contributed by atoms with Gasteiger partial charge in [0.1, 0.15) is 19.1 Å². The second kappa shape index (κ2) is 6.72. The number of fused-ring (bicyclic) bond motifs is 1. The smallest absolute Gasteiger partial charge is 0.271 e. The number of allylic oxidation sites excluding steroid dienone is 1. The van der Waals surface area contributed by atoms with Gasteiger partial charge in [-0.15, -0.1) is 0 Å². The molecule has 0 N–H and O–H groups in total. The highest BCUT2D eigenvalue weighted by molar-refractivity contribution is 7.07. The van der Waals surface area contributed by atoms with E-state index in [-0.39, 0.29) is 18.9 Å². The van der Waals surface area contributed by atoms with E-state index in [2.05, 4.69) is 4.99 Å². The van der Waals surface area contributed by atoms with Gasteiger partial charge in [-0.1, -0.05) is 17.4 Å². The lowest BCUT2D eigenvalue weighted by Gasteiger charge is -2.25. The van der Waals surface area contributed by atoms with E-state index in [4.69, 9.17) is 4.42 Å². The summed E-state index contributed by atoms with van der Waals surface area (Å²) in [4.78, 5) is 19.2. The van der Waals surface area contributed by atoms with Gasteiger partial charge < -0.3 is 9.32 Å². The van der Waals surface area contributed by atoms with E-state index in [0.29, 0.717) is 20.8 Å². The first-order valence-corrected chi connectivity index (χ1v) is 8.59. The molecule has 1 aliphatic heterocycles. The van der Waals surface area contributed by atoms with Crippen molar-refractivity contribution in [1.29, 1.82) is 0 Å². The summed E-state index contributed by atoms with van der Waals surface area (Å²) in [6, 6.07) is 7.23. The molecular weight excluding hydrogens is 360 g/mol. The van der Waals surface area contributed by atoms with Gasteiger partial charge in [0.05, 0.1) is 10.8 Å². The number of nitrogens with zero attached hydrogens (tertiary/aromatic N) is 3. The molecule has 0 saturated carbocycles. The van der Waals surface area contributed by atoms with Crippen LogP contribution in [-0.4, -0.2) is 11.2 Å². The lowest BCUT2D eigenvalue weighted by molar-refractivity contribution is 0.506. The monoisotopic (exact) mass is 373 g/mol. The highest BCUT2D eigenvalue weighted by Crippen LogP contribution is 2.19. The number of thiazole rings is 1. The van der Waals surface area contributed by atoms with Crippen LogP contribution in [-0.2, 0) is 6.67 Å². The Balaban J connectivity index is 1.63. The van der Waals surface area contributed by atoms with Crippen molar-refractivity contribution in [3.63, 3.8) is 0 Å². The molecule has 1 aromatic carbocycles. The number of anilines is 1. The summed E-state index contributed by atoms with van der Waals surface area (Å²) in [5, 5.41) is 0.